The number of phenolic OH excluding ortho intramolecular Hbond substituents is 2. The van der Waals surface area contributed by atoms with E-state index in [2.05, 4.69) is 9.97 Å². The molecule has 5 rings (SSSR count). The number of halogens is 1. The Labute approximate surface area is 165 Å². The number of fused-ring (bicyclic) bond motifs is 2. The van der Waals surface area contributed by atoms with Crippen LogP contribution in [0.2, 0.25) is 5.02 Å². The van der Waals surface area contributed by atoms with Crippen molar-refractivity contribution in [2.45, 2.75) is 20.0 Å². The van der Waals surface area contributed by atoms with E-state index in [4.69, 9.17) is 16.0 Å². The number of hydrogen-bond donors (Lipinski definition) is 2. The summed E-state index contributed by atoms with van der Waals surface area (Å²) in [6.07, 6.45) is 0. The molecule has 0 atom stereocenters. The summed E-state index contributed by atoms with van der Waals surface area (Å²) in [6.45, 7) is 3.14. The molecule has 2 N–H and O–H groups in total. The standard InChI is InChI=1S/C21H16ClN3O3/c1-11-6-14(22)8-17(27)19(11)16-4-5-18-20(23-16)24-21(28-18)25-9-12-2-3-15(26)7-13(12)10-25/h2-8,26-27H,9-10H2,1H3. The second kappa shape index (κ2) is 6.14. The van der Waals surface area contributed by atoms with Crippen LogP contribution in [0.1, 0.15) is 16.7 Å². The molecule has 6 nitrogen and oxygen atoms in total. The molecule has 2 aromatic carbocycles. The topological polar surface area (TPSA) is 82.6 Å². The molecule has 0 fully saturated rings. The van der Waals surface area contributed by atoms with Gasteiger partial charge in [0, 0.05) is 23.7 Å². The number of aromatic nitrogens is 2. The van der Waals surface area contributed by atoms with Gasteiger partial charge in [0.05, 0.1) is 5.69 Å². The van der Waals surface area contributed by atoms with Gasteiger partial charge < -0.3 is 19.5 Å². The Bertz CT molecular complexity index is 1210. The molecule has 7 heteroatoms. The van der Waals surface area contributed by atoms with Gasteiger partial charge in [0.25, 0.3) is 0 Å². The summed E-state index contributed by atoms with van der Waals surface area (Å²) in [4.78, 5) is 11.1. The third kappa shape index (κ3) is 2.73. The lowest BCUT2D eigenvalue weighted by atomic mass is 10.0. The Morgan fingerprint density at radius 2 is 1.82 bits per heavy atom. The number of aryl methyl sites for hydroxylation is 1. The van der Waals surface area contributed by atoms with E-state index in [0.29, 0.717) is 46.6 Å². The second-order valence-electron chi connectivity index (χ2n) is 6.94. The molecule has 0 radical (unpaired) electrons. The highest BCUT2D eigenvalue weighted by atomic mass is 35.5. The summed E-state index contributed by atoms with van der Waals surface area (Å²) in [5.74, 6) is 0.331. The van der Waals surface area contributed by atoms with E-state index in [0.717, 1.165) is 16.7 Å². The molecular weight excluding hydrogens is 378 g/mol. The van der Waals surface area contributed by atoms with E-state index in [1.807, 2.05) is 17.9 Å². The molecule has 0 saturated carbocycles. The number of hydrogen-bond acceptors (Lipinski definition) is 6. The van der Waals surface area contributed by atoms with Crippen LogP contribution in [-0.2, 0) is 13.1 Å². The van der Waals surface area contributed by atoms with Crippen molar-refractivity contribution in [2.24, 2.45) is 0 Å². The summed E-state index contributed by atoms with van der Waals surface area (Å²) >= 11 is 6.00. The van der Waals surface area contributed by atoms with Gasteiger partial charge in [-0.3, -0.25) is 0 Å². The fraction of sp³-hybridized carbons (Fsp3) is 0.143. The van der Waals surface area contributed by atoms with Gasteiger partial charge in [-0.15, -0.1) is 0 Å². The molecular formula is C21H16ClN3O3. The van der Waals surface area contributed by atoms with Gasteiger partial charge in [0.2, 0.25) is 5.65 Å². The largest absolute Gasteiger partial charge is 0.508 e. The van der Waals surface area contributed by atoms with Crippen LogP contribution in [0.3, 0.4) is 0 Å². The molecule has 2 aromatic heterocycles. The second-order valence-corrected chi connectivity index (χ2v) is 7.38. The Hall–Kier alpha value is -3.25. The maximum Gasteiger partial charge on any atom is 0.300 e. The van der Waals surface area contributed by atoms with Crippen molar-refractivity contribution in [3.63, 3.8) is 0 Å². The van der Waals surface area contributed by atoms with Crippen LogP contribution in [0.4, 0.5) is 6.01 Å². The molecule has 140 valence electrons. The maximum atomic E-state index is 10.3. The van der Waals surface area contributed by atoms with Crippen molar-refractivity contribution >= 4 is 28.8 Å². The van der Waals surface area contributed by atoms with Crippen LogP contribution in [0.25, 0.3) is 22.5 Å². The van der Waals surface area contributed by atoms with Crippen LogP contribution >= 0.6 is 11.6 Å². The van der Waals surface area contributed by atoms with E-state index in [1.54, 1.807) is 30.3 Å². The number of nitrogens with zero attached hydrogens (tertiary/aromatic N) is 3. The molecule has 0 saturated heterocycles. The number of phenols is 2. The van der Waals surface area contributed by atoms with Gasteiger partial charge in [-0.2, -0.15) is 4.98 Å². The fourth-order valence-electron chi connectivity index (χ4n) is 3.66. The molecule has 1 aliphatic rings. The Balaban J connectivity index is 1.52. The van der Waals surface area contributed by atoms with Gasteiger partial charge in [-0.25, -0.2) is 4.98 Å². The summed E-state index contributed by atoms with van der Waals surface area (Å²) < 4.78 is 5.89. The lowest BCUT2D eigenvalue weighted by molar-refractivity contribution is 0.474. The Morgan fingerprint density at radius 3 is 2.64 bits per heavy atom. The van der Waals surface area contributed by atoms with Crippen molar-refractivity contribution < 1.29 is 14.6 Å². The lowest BCUT2D eigenvalue weighted by Gasteiger charge is -2.10. The smallest absolute Gasteiger partial charge is 0.300 e. The van der Waals surface area contributed by atoms with E-state index in [9.17, 15) is 10.2 Å². The highest BCUT2D eigenvalue weighted by molar-refractivity contribution is 6.31. The quantitative estimate of drug-likeness (QED) is 0.509. The summed E-state index contributed by atoms with van der Waals surface area (Å²) in [5, 5.41) is 20.4. The first kappa shape index (κ1) is 16.9. The minimum atomic E-state index is 0.0790. The van der Waals surface area contributed by atoms with Crippen molar-refractivity contribution in [3.8, 4) is 22.8 Å². The van der Waals surface area contributed by atoms with Crippen molar-refractivity contribution in [1.29, 1.82) is 0 Å². The van der Waals surface area contributed by atoms with Gasteiger partial charge in [0.15, 0.2) is 5.58 Å². The molecule has 3 heterocycles. The summed E-state index contributed by atoms with van der Waals surface area (Å²) in [5.41, 5.74) is 5.29. The average Bonchev–Trinajstić information content (AvgIpc) is 3.23. The number of rotatable bonds is 2. The van der Waals surface area contributed by atoms with Crippen LogP contribution < -0.4 is 4.90 Å². The molecule has 0 amide bonds. The number of oxazole rings is 1. The summed E-state index contributed by atoms with van der Waals surface area (Å²) in [6, 6.07) is 12.7. The van der Waals surface area contributed by atoms with E-state index in [1.165, 1.54) is 6.07 Å². The van der Waals surface area contributed by atoms with Crippen molar-refractivity contribution in [1.82, 2.24) is 9.97 Å². The van der Waals surface area contributed by atoms with Crippen LogP contribution in [-0.4, -0.2) is 20.2 Å². The number of aromatic hydroxyl groups is 2. The maximum absolute atomic E-state index is 10.3. The molecule has 0 spiro atoms. The molecule has 28 heavy (non-hydrogen) atoms. The third-order valence-corrected chi connectivity index (χ3v) is 5.18. The van der Waals surface area contributed by atoms with E-state index < -0.39 is 0 Å². The zero-order valence-electron chi connectivity index (χ0n) is 15.0. The fourth-order valence-corrected chi connectivity index (χ4v) is 3.92. The molecule has 0 aliphatic carbocycles. The Kier molecular flexibility index (Phi) is 3.70. The first-order chi connectivity index (χ1) is 13.5. The summed E-state index contributed by atoms with van der Waals surface area (Å²) in [7, 11) is 0. The highest BCUT2D eigenvalue weighted by Gasteiger charge is 2.24. The SMILES string of the molecule is Cc1cc(Cl)cc(O)c1-c1ccc2oc(N3Cc4ccc(O)cc4C3)nc2n1. The van der Waals surface area contributed by atoms with Crippen LogP contribution in [0, 0.1) is 6.92 Å². The minimum Gasteiger partial charge on any atom is -0.508 e. The zero-order valence-corrected chi connectivity index (χ0v) is 15.7. The number of pyridine rings is 1. The number of anilines is 1. The zero-order chi connectivity index (χ0) is 19.4. The van der Waals surface area contributed by atoms with E-state index >= 15 is 0 Å². The minimum absolute atomic E-state index is 0.0790. The number of benzene rings is 2. The first-order valence-corrected chi connectivity index (χ1v) is 9.18. The van der Waals surface area contributed by atoms with Crippen LogP contribution in [0.15, 0.2) is 46.9 Å². The normalized spacial score (nSPS) is 13.3. The van der Waals surface area contributed by atoms with Crippen molar-refractivity contribution in [3.05, 3.63) is 64.2 Å². The van der Waals surface area contributed by atoms with Crippen LogP contribution in [0.5, 0.6) is 11.5 Å². The molecule has 4 aromatic rings. The van der Waals surface area contributed by atoms with Crippen molar-refractivity contribution in [2.75, 3.05) is 4.90 Å². The lowest BCUT2D eigenvalue weighted by Crippen LogP contribution is -2.14. The monoisotopic (exact) mass is 393 g/mol. The molecule has 0 unspecified atom stereocenters. The van der Waals surface area contributed by atoms with Gasteiger partial charge in [-0.05, 0) is 60.0 Å². The van der Waals surface area contributed by atoms with Gasteiger partial charge in [0.1, 0.15) is 11.5 Å². The first-order valence-electron chi connectivity index (χ1n) is 8.81. The predicted octanol–water partition coefficient (Wildman–Crippen LogP) is 4.78. The molecule has 1 aliphatic heterocycles. The predicted molar refractivity (Wildman–Crippen MR) is 107 cm³/mol. The average molecular weight is 394 g/mol. The molecule has 0 bridgehead atoms. The Morgan fingerprint density at radius 1 is 1.00 bits per heavy atom. The van der Waals surface area contributed by atoms with E-state index in [-0.39, 0.29) is 11.5 Å². The van der Waals surface area contributed by atoms with Gasteiger partial charge in [-0.1, -0.05) is 17.7 Å². The highest BCUT2D eigenvalue weighted by Crippen LogP contribution is 2.36. The third-order valence-electron chi connectivity index (χ3n) is 4.96. The van der Waals surface area contributed by atoms with Gasteiger partial charge >= 0.3 is 6.01 Å².